The molecule has 0 heterocycles. The van der Waals surface area contributed by atoms with Gasteiger partial charge in [0, 0.05) is 11.8 Å². The van der Waals surface area contributed by atoms with Crippen molar-refractivity contribution in [3.05, 3.63) is 83.9 Å². The van der Waals surface area contributed by atoms with Crippen LogP contribution >= 0.6 is 0 Å². The van der Waals surface area contributed by atoms with Gasteiger partial charge in [0.15, 0.2) is 16.6 Å². The summed E-state index contributed by atoms with van der Waals surface area (Å²) < 4.78 is 57.3. The molecule has 0 fully saturated rings. The van der Waals surface area contributed by atoms with Crippen LogP contribution in [0.5, 0.6) is 17.2 Å². The Morgan fingerprint density at radius 1 is 0.841 bits per heavy atom. The van der Waals surface area contributed by atoms with Crippen LogP contribution in [0.1, 0.15) is 17.5 Å². The molecular formula is C32H42F2N2O6Si2. The van der Waals surface area contributed by atoms with Gasteiger partial charge in [0.2, 0.25) is 0 Å². The van der Waals surface area contributed by atoms with Gasteiger partial charge in [-0.05, 0) is 111 Å². The normalized spacial score (nSPS) is 12.2. The second-order valence-electron chi connectivity index (χ2n) is 11.8. The first-order valence-corrected chi connectivity index (χ1v) is 20.9. The topological polar surface area (TPSA) is 115 Å². The van der Waals surface area contributed by atoms with Gasteiger partial charge in [0.25, 0.3) is 0 Å². The summed E-state index contributed by atoms with van der Waals surface area (Å²) in [5.41, 5.74) is 12.7. The molecule has 3 aromatic rings. The molecule has 3 aromatic carbocycles. The molecule has 8 nitrogen and oxygen atoms in total. The second kappa shape index (κ2) is 15.2. The summed E-state index contributed by atoms with van der Waals surface area (Å²) in [6, 6.07) is 17.4. The van der Waals surface area contributed by atoms with E-state index < -0.39 is 28.7 Å². The first kappa shape index (κ1) is 34.6. The number of rotatable bonds is 16. The van der Waals surface area contributed by atoms with Gasteiger partial charge in [-0.25, -0.2) is 4.79 Å². The van der Waals surface area contributed by atoms with Crippen LogP contribution in [0.4, 0.5) is 20.2 Å². The Morgan fingerprint density at radius 2 is 1.50 bits per heavy atom. The molecule has 0 aliphatic rings. The highest BCUT2D eigenvalue weighted by Crippen LogP contribution is 2.33. The van der Waals surface area contributed by atoms with Crippen LogP contribution in [-0.2, 0) is 19.8 Å². The van der Waals surface area contributed by atoms with Gasteiger partial charge in [0.1, 0.15) is 30.5 Å². The van der Waals surface area contributed by atoms with Gasteiger partial charge in [0.05, 0.1) is 17.9 Å². The Kier molecular flexibility index (Phi) is 12.0. The van der Waals surface area contributed by atoms with Crippen molar-refractivity contribution in [1.82, 2.24) is 0 Å². The average molecular weight is 645 g/mol. The number of carbonyl (C=O) groups is 1. The van der Waals surface area contributed by atoms with Gasteiger partial charge >= 0.3 is 12.1 Å². The summed E-state index contributed by atoms with van der Waals surface area (Å²) in [6.45, 7) is 11.6. The molecule has 0 atom stereocenters. The second-order valence-corrected chi connectivity index (χ2v) is 20.8. The van der Waals surface area contributed by atoms with E-state index in [1.165, 1.54) is 48.6 Å². The van der Waals surface area contributed by atoms with Gasteiger partial charge in [-0.3, -0.25) is 0 Å². The van der Waals surface area contributed by atoms with Crippen LogP contribution in [0, 0.1) is 0 Å². The van der Waals surface area contributed by atoms with E-state index in [0.717, 1.165) is 12.5 Å². The molecule has 3 rings (SSSR count). The first-order chi connectivity index (χ1) is 20.6. The fourth-order valence-electron chi connectivity index (χ4n) is 4.37. The fourth-order valence-corrected chi connectivity index (χ4v) is 12.4. The van der Waals surface area contributed by atoms with Crippen molar-refractivity contribution in [3.8, 4) is 17.2 Å². The van der Waals surface area contributed by atoms with E-state index in [9.17, 15) is 13.6 Å². The molecule has 0 amide bonds. The molecule has 0 aliphatic carbocycles. The van der Waals surface area contributed by atoms with Gasteiger partial charge < -0.3 is 34.5 Å². The number of ether oxygens (including phenoxy) is 4. The number of carbonyl (C=O) groups excluding carboxylic acids is 1. The van der Waals surface area contributed by atoms with Crippen molar-refractivity contribution in [2.24, 2.45) is 0 Å². The molecule has 0 unspecified atom stereocenters. The van der Waals surface area contributed by atoms with E-state index in [1.807, 2.05) is 0 Å². The lowest BCUT2D eigenvalue weighted by Gasteiger charge is -2.31. The molecule has 0 saturated heterocycles. The standard InChI is InChI=1S/C32H42F2N2O6Si2/c1-43(2,3)42-44(4,5)22-6-19-38-27-15-10-25(11-16-27)32(33,34)41-28-13-7-24(8-14-28)9-18-31(37)40-21-20-39-30-17-12-26(35)23-29(30)36/h7-18,23H,6,19-22,35-36H2,1-5H3/b18-9+. The zero-order chi connectivity index (χ0) is 32.4. The summed E-state index contributed by atoms with van der Waals surface area (Å²) in [5, 5.41) is 0. The Labute approximate surface area is 260 Å². The number of hydrogen-bond acceptors (Lipinski definition) is 8. The predicted octanol–water partition coefficient (Wildman–Crippen LogP) is 7.44. The Hall–Kier alpha value is -3.88. The molecule has 0 spiro atoms. The van der Waals surface area contributed by atoms with Crippen molar-refractivity contribution in [2.75, 3.05) is 31.3 Å². The number of anilines is 2. The quantitative estimate of drug-likeness (QED) is 0.0544. The largest absolute Gasteiger partial charge is 0.494 e. The van der Waals surface area contributed by atoms with E-state index in [1.54, 1.807) is 30.3 Å². The first-order valence-electron chi connectivity index (χ1n) is 14.3. The molecule has 44 heavy (non-hydrogen) atoms. The molecule has 12 heteroatoms. The highest BCUT2D eigenvalue weighted by molar-refractivity contribution is 6.84. The minimum Gasteiger partial charge on any atom is -0.494 e. The molecular weight excluding hydrogens is 603 g/mol. The molecule has 0 aromatic heterocycles. The van der Waals surface area contributed by atoms with Gasteiger partial charge in [-0.15, -0.1) is 0 Å². The molecule has 4 N–H and O–H groups in total. The number of halogens is 2. The third kappa shape index (κ3) is 12.0. The van der Waals surface area contributed by atoms with E-state index in [-0.39, 0.29) is 24.5 Å². The molecule has 0 saturated carbocycles. The van der Waals surface area contributed by atoms with Crippen LogP contribution in [0.15, 0.2) is 72.8 Å². The molecule has 238 valence electrons. The molecule has 0 bridgehead atoms. The van der Waals surface area contributed by atoms with Crippen LogP contribution in [0.2, 0.25) is 38.8 Å². The predicted molar refractivity (Wildman–Crippen MR) is 175 cm³/mol. The van der Waals surface area contributed by atoms with Crippen molar-refractivity contribution < 1.29 is 36.6 Å². The summed E-state index contributed by atoms with van der Waals surface area (Å²) in [7, 11) is -3.34. The number of benzene rings is 3. The van der Waals surface area contributed by atoms with Gasteiger partial charge in [-0.1, -0.05) is 12.1 Å². The maximum atomic E-state index is 14.8. The molecule has 0 aliphatic heterocycles. The van der Waals surface area contributed by atoms with Gasteiger partial charge in [-0.2, -0.15) is 8.78 Å². The zero-order valence-corrected chi connectivity index (χ0v) is 27.9. The maximum absolute atomic E-state index is 14.8. The fraction of sp³-hybridized carbons (Fsp3) is 0.344. The van der Waals surface area contributed by atoms with Crippen LogP contribution < -0.4 is 25.7 Å². The number of hydrogen-bond donors (Lipinski definition) is 2. The highest BCUT2D eigenvalue weighted by Gasteiger charge is 2.34. The number of nitrogens with two attached hydrogens (primary N) is 2. The van der Waals surface area contributed by atoms with E-state index in [2.05, 4.69) is 32.7 Å². The van der Waals surface area contributed by atoms with Crippen LogP contribution in [-0.4, -0.2) is 42.4 Å². The lowest BCUT2D eigenvalue weighted by Crippen LogP contribution is -2.42. The Morgan fingerprint density at radius 3 is 2.14 bits per heavy atom. The number of nitrogen functional groups attached to an aromatic ring is 2. The third-order valence-electron chi connectivity index (χ3n) is 6.12. The van der Waals surface area contributed by atoms with E-state index >= 15 is 0 Å². The highest BCUT2D eigenvalue weighted by atomic mass is 28.4. The minimum absolute atomic E-state index is 0.00987. The Balaban J connectivity index is 1.42. The summed E-state index contributed by atoms with van der Waals surface area (Å²) in [5.74, 6) is 0.352. The SMILES string of the molecule is C[Si](C)(C)O[Si](C)(C)CCCOc1ccc(C(F)(F)Oc2ccc(/C=C/C(=O)OCCOc3ccc(N)cc3N)cc2)cc1. The van der Waals surface area contributed by atoms with Crippen molar-refractivity contribution in [2.45, 2.75) is 51.3 Å². The summed E-state index contributed by atoms with van der Waals surface area (Å²) >= 11 is 0. The average Bonchev–Trinajstić information content (AvgIpc) is 2.93. The lowest BCUT2D eigenvalue weighted by atomic mass is 10.2. The van der Waals surface area contributed by atoms with Crippen molar-refractivity contribution in [1.29, 1.82) is 0 Å². The van der Waals surface area contributed by atoms with Crippen LogP contribution in [0.3, 0.4) is 0 Å². The number of alkyl halides is 2. The Bertz CT molecular complexity index is 1400. The lowest BCUT2D eigenvalue weighted by molar-refractivity contribution is -0.185. The zero-order valence-electron chi connectivity index (χ0n) is 25.9. The summed E-state index contributed by atoms with van der Waals surface area (Å²) in [6.07, 6.45) is 0.0237. The maximum Gasteiger partial charge on any atom is 0.426 e. The van der Waals surface area contributed by atoms with E-state index in [0.29, 0.717) is 35.0 Å². The minimum atomic E-state index is -3.55. The van der Waals surface area contributed by atoms with Crippen LogP contribution in [0.25, 0.3) is 6.08 Å². The smallest absolute Gasteiger partial charge is 0.426 e. The van der Waals surface area contributed by atoms with Crippen molar-refractivity contribution >= 4 is 40.1 Å². The van der Waals surface area contributed by atoms with Crippen molar-refractivity contribution in [3.63, 3.8) is 0 Å². The summed E-state index contributed by atoms with van der Waals surface area (Å²) in [4.78, 5) is 12.0. The molecule has 0 radical (unpaired) electrons. The van der Waals surface area contributed by atoms with E-state index in [4.69, 9.17) is 34.5 Å². The number of esters is 1. The third-order valence-corrected chi connectivity index (χ3v) is 12.3. The monoisotopic (exact) mass is 644 g/mol.